The number of ether oxygens (including phenoxy) is 3. The van der Waals surface area contributed by atoms with Gasteiger partial charge in [0.1, 0.15) is 22.2 Å². The summed E-state index contributed by atoms with van der Waals surface area (Å²) >= 11 is 0. The number of hydrogen-bond acceptors (Lipinski definition) is 7. The van der Waals surface area contributed by atoms with Crippen LogP contribution in [0, 0.1) is 5.82 Å². The molecule has 3 rings (SSSR count). The number of halogens is 1. The van der Waals surface area contributed by atoms with Crippen molar-refractivity contribution in [1.29, 1.82) is 0 Å². The number of rotatable bonds is 8. The quantitative estimate of drug-likeness (QED) is 0.436. The van der Waals surface area contributed by atoms with Gasteiger partial charge < -0.3 is 14.2 Å². The monoisotopic (exact) mass is 465 g/mol. The van der Waals surface area contributed by atoms with E-state index < -0.39 is 39.1 Å². The van der Waals surface area contributed by atoms with Crippen LogP contribution in [-0.4, -0.2) is 58.4 Å². The second-order valence-corrected chi connectivity index (χ2v) is 9.08. The van der Waals surface area contributed by atoms with E-state index >= 15 is 0 Å². The Bertz CT molecular complexity index is 1110. The molecule has 0 aliphatic carbocycles. The van der Waals surface area contributed by atoms with Crippen LogP contribution in [0.5, 0.6) is 11.5 Å². The average Bonchev–Trinajstić information content (AvgIpc) is 2.82. The number of carbonyl (C=O) groups excluding carboxylic acids is 2. The number of Topliss-reactive ketones (excluding diaryl/α,β-unsaturated/α-hetero) is 1. The fourth-order valence-corrected chi connectivity index (χ4v) is 5.00. The van der Waals surface area contributed by atoms with Crippen molar-refractivity contribution in [2.75, 3.05) is 33.9 Å². The van der Waals surface area contributed by atoms with Crippen LogP contribution in [0.2, 0.25) is 0 Å². The van der Waals surface area contributed by atoms with Crippen molar-refractivity contribution in [1.82, 2.24) is 4.31 Å². The SMILES string of the molecule is COc1ccc(OC)c(C(=O)COC(=O)c2ccc(F)c(S(=O)(=O)N3CCCCC3)c2)c1. The van der Waals surface area contributed by atoms with Gasteiger partial charge in [0.15, 0.2) is 6.61 Å². The molecular weight excluding hydrogens is 441 g/mol. The predicted octanol–water partition coefficient (Wildman–Crippen LogP) is 3.06. The molecule has 0 spiro atoms. The van der Waals surface area contributed by atoms with Crippen molar-refractivity contribution < 1.29 is 36.6 Å². The number of piperidine rings is 1. The minimum Gasteiger partial charge on any atom is -0.497 e. The molecule has 1 aliphatic heterocycles. The Hall–Kier alpha value is -2.98. The van der Waals surface area contributed by atoms with E-state index in [1.54, 1.807) is 12.1 Å². The predicted molar refractivity (Wildman–Crippen MR) is 113 cm³/mol. The number of esters is 1. The Morgan fingerprint density at radius 2 is 1.72 bits per heavy atom. The van der Waals surface area contributed by atoms with Crippen LogP contribution in [0.4, 0.5) is 4.39 Å². The van der Waals surface area contributed by atoms with E-state index in [4.69, 9.17) is 14.2 Å². The van der Waals surface area contributed by atoms with Crippen LogP contribution in [-0.2, 0) is 14.8 Å². The first kappa shape index (κ1) is 23.7. The van der Waals surface area contributed by atoms with E-state index in [0.717, 1.165) is 24.6 Å². The molecule has 2 aromatic carbocycles. The molecule has 0 N–H and O–H groups in total. The van der Waals surface area contributed by atoms with Crippen molar-refractivity contribution in [2.45, 2.75) is 24.2 Å². The maximum absolute atomic E-state index is 14.3. The summed E-state index contributed by atoms with van der Waals surface area (Å²) in [4.78, 5) is 24.4. The van der Waals surface area contributed by atoms with Gasteiger partial charge in [-0.2, -0.15) is 4.31 Å². The third kappa shape index (κ3) is 5.08. The van der Waals surface area contributed by atoms with Crippen molar-refractivity contribution in [3.8, 4) is 11.5 Å². The molecule has 0 radical (unpaired) electrons. The molecule has 32 heavy (non-hydrogen) atoms. The Labute approximate surface area is 185 Å². The summed E-state index contributed by atoms with van der Waals surface area (Å²) < 4.78 is 56.5. The first-order chi connectivity index (χ1) is 15.3. The smallest absolute Gasteiger partial charge is 0.338 e. The van der Waals surface area contributed by atoms with Crippen LogP contribution in [0.25, 0.3) is 0 Å². The third-order valence-corrected chi connectivity index (χ3v) is 7.05. The van der Waals surface area contributed by atoms with E-state index in [2.05, 4.69) is 0 Å². The van der Waals surface area contributed by atoms with Gasteiger partial charge in [0.05, 0.1) is 25.3 Å². The maximum atomic E-state index is 14.3. The van der Waals surface area contributed by atoms with Gasteiger partial charge in [-0.3, -0.25) is 4.79 Å². The lowest BCUT2D eigenvalue weighted by Gasteiger charge is -2.26. The van der Waals surface area contributed by atoms with Crippen LogP contribution in [0.1, 0.15) is 40.0 Å². The molecule has 0 atom stereocenters. The van der Waals surface area contributed by atoms with Gasteiger partial charge in [-0.05, 0) is 49.2 Å². The molecule has 0 saturated carbocycles. The zero-order chi connectivity index (χ0) is 23.3. The molecule has 8 nitrogen and oxygen atoms in total. The Balaban J connectivity index is 1.76. The first-order valence-electron chi connectivity index (χ1n) is 10.00. The minimum atomic E-state index is -4.09. The highest BCUT2D eigenvalue weighted by molar-refractivity contribution is 7.89. The normalized spacial score (nSPS) is 14.6. The van der Waals surface area contributed by atoms with E-state index in [1.807, 2.05) is 0 Å². The fraction of sp³-hybridized carbons (Fsp3) is 0.364. The van der Waals surface area contributed by atoms with Crippen molar-refractivity contribution in [2.24, 2.45) is 0 Å². The van der Waals surface area contributed by atoms with Gasteiger partial charge in [-0.15, -0.1) is 0 Å². The molecule has 0 unspecified atom stereocenters. The number of methoxy groups -OCH3 is 2. The topological polar surface area (TPSA) is 99.2 Å². The average molecular weight is 465 g/mol. The van der Waals surface area contributed by atoms with Gasteiger partial charge >= 0.3 is 5.97 Å². The molecule has 1 saturated heterocycles. The lowest BCUT2D eigenvalue weighted by molar-refractivity contribution is 0.0473. The summed E-state index contributed by atoms with van der Waals surface area (Å²) in [6.07, 6.45) is 2.30. The molecule has 1 fully saturated rings. The number of nitrogens with zero attached hydrogens (tertiary/aromatic N) is 1. The maximum Gasteiger partial charge on any atom is 0.338 e. The van der Waals surface area contributed by atoms with Gasteiger partial charge in [0, 0.05) is 13.1 Å². The molecular formula is C22H24FNO7S. The van der Waals surface area contributed by atoms with E-state index in [-0.39, 0.29) is 16.9 Å². The van der Waals surface area contributed by atoms with Crippen molar-refractivity contribution in [3.63, 3.8) is 0 Å². The molecule has 10 heteroatoms. The van der Waals surface area contributed by atoms with Gasteiger partial charge in [-0.25, -0.2) is 17.6 Å². The summed E-state index contributed by atoms with van der Waals surface area (Å²) in [6, 6.07) is 7.58. The van der Waals surface area contributed by atoms with E-state index in [1.165, 1.54) is 24.6 Å². The molecule has 1 heterocycles. The molecule has 2 aromatic rings. The van der Waals surface area contributed by atoms with Crippen LogP contribution in [0.3, 0.4) is 0 Å². The summed E-state index contributed by atoms with van der Waals surface area (Å²) in [7, 11) is -1.25. The van der Waals surface area contributed by atoms with Crippen LogP contribution >= 0.6 is 0 Å². The summed E-state index contributed by atoms with van der Waals surface area (Å²) in [5, 5.41) is 0. The summed E-state index contributed by atoms with van der Waals surface area (Å²) in [5.74, 6) is -1.74. The van der Waals surface area contributed by atoms with E-state index in [0.29, 0.717) is 31.7 Å². The largest absolute Gasteiger partial charge is 0.497 e. The Morgan fingerprint density at radius 1 is 1.00 bits per heavy atom. The van der Waals surface area contributed by atoms with Crippen LogP contribution in [0.15, 0.2) is 41.3 Å². The molecule has 0 amide bonds. The first-order valence-corrected chi connectivity index (χ1v) is 11.4. The summed E-state index contributed by atoms with van der Waals surface area (Å²) in [6.45, 7) is -0.0193. The minimum absolute atomic E-state index is 0.159. The highest BCUT2D eigenvalue weighted by Gasteiger charge is 2.29. The fourth-order valence-electron chi connectivity index (χ4n) is 3.40. The highest BCUT2D eigenvalue weighted by Crippen LogP contribution is 2.26. The Kier molecular flexibility index (Phi) is 7.47. The number of sulfonamides is 1. The lowest BCUT2D eigenvalue weighted by Crippen LogP contribution is -2.36. The highest BCUT2D eigenvalue weighted by atomic mass is 32.2. The van der Waals surface area contributed by atoms with Gasteiger partial charge in [-0.1, -0.05) is 6.42 Å². The number of carbonyl (C=O) groups is 2. The second kappa shape index (κ2) is 10.1. The van der Waals surface area contributed by atoms with Gasteiger partial charge in [0.25, 0.3) is 0 Å². The number of benzene rings is 2. The van der Waals surface area contributed by atoms with Gasteiger partial charge in [0.2, 0.25) is 15.8 Å². The lowest BCUT2D eigenvalue weighted by atomic mass is 10.1. The number of ketones is 1. The van der Waals surface area contributed by atoms with Crippen LogP contribution < -0.4 is 9.47 Å². The van der Waals surface area contributed by atoms with E-state index in [9.17, 15) is 22.4 Å². The molecule has 1 aliphatic rings. The van der Waals surface area contributed by atoms with Crippen molar-refractivity contribution >= 4 is 21.8 Å². The summed E-state index contributed by atoms with van der Waals surface area (Å²) in [5.41, 5.74) is -0.0143. The molecule has 0 aromatic heterocycles. The molecule has 0 bridgehead atoms. The Morgan fingerprint density at radius 3 is 2.38 bits per heavy atom. The zero-order valence-corrected chi connectivity index (χ0v) is 18.6. The second-order valence-electron chi connectivity index (χ2n) is 7.18. The van der Waals surface area contributed by atoms with Crippen molar-refractivity contribution in [3.05, 3.63) is 53.3 Å². The zero-order valence-electron chi connectivity index (χ0n) is 17.8. The number of hydrogen-bond donors (Lipinski definition) is 0. The third-order valence-electron chi connectivity index (χ3n) is 5.14. The molecule has 172 valence electrons. The standard InChI is InChI=1S/C22H24FNO7S/c1-29-16-7-9-20(30-2)17(13-16)19(25)14-31-22(26)15-6-8-18(23)21(12-15)32(27,28)24-10-4-3-5-11-24/h6-9,12-13H,3-5,10-11,14H2,1-2H3.